The standard InChI is InChI=1S/C22H27BrN2O3/c1-5-20(22(27)24-4)25(13-17-9-7-6-8-15(17)2)21(26)14-28-18-10-11-19(23)16(3)12-18/h6-12,20H,5,13-14H2,1-4H3,(H,24,27). The number of halogens is 1. The summed E-state index contributed by atoms with van der Waals surface area (Å²) in [5.41, 5.74) is 3.12. The summed E-state index contributed by atoms with van der Waals surface area (Å²) in [6.45, 7) is 6.10. The van der Waals surface area contributed by atoms with Gasteiger partial charge in [-0.15, -0.1) is 0 Å². The van der Waals surface area contributed by atoms with E-state index < -0.39 is 6.04 Å². The van der Waals surface area contributed by atoms with Crippen molar-refractivity contribution in [2.45, 2.75) is 39.8 Å². The van der Waals surface area contributed by atoms with Crippen LogP contribution in [-0.2, 0) is 16.1 Å². The Labute approximate surface area is 175 Å². The Bertz CT molecular complexity index is 838. The molecule has 28 heavy (non-hydrogen) atoms. The highest BCUT2D eigenvalue weighted by Gasteiger charge is 2.28. The molecule has 0 fully saturated rings. The third-order valence-electron chi connectivity index (χ3n) is 4.73. The molecule has 1 unspecified atom stereocenters. The molecule has 2 rings (SSSR count). The lowest BCUT2D eigenvalue weighted by Crippen LogP contribution is -2.49. The largest absolute Gasteiger partial charge is 0.484 e. The molecule has 5 nitrogen and oxygen atoms in total. The number of hydrogen-bond donors (Lipinski definition) is 1. The molecular formula is C22H27BrN2O3. The molecule has 0 saturated heterocycles. The van der Waals surface area contributed by atoms with Crippen molar-refractivity contribution in [2.75, 3.05) is 13.7 Å². The molecule has 0 spiro atoms. The number of rotatable bonds is 8. The lowest BCUT2D eigenvalue weighted by atomic mass is 10.1. The van der Waals surface area contributed by atoms with Crippen LogP contribution in [0.1, 0.15) is 30.0 Å². The van der Waals surface area contributed by atoms with Crippen LogP contribution < -0.4 is 10.1 Å². The third kappa shape index (κ3) is 5.58. The van der Waals surface area contributed by atoms with Crippen LogP contribution in [0.3, 0.4) is 0 Å². The maximum atomic E-state index is 13.0. The molecule has 1 atom stereocenters. The molecule has 2 amide bonds. The molecule has 0 radical (unpaired) electrons. The molecule has 0 aliphatic heterocycles. The minimum Gasteiger partial charge on any atom is -0.484 e. The number of carbonyl (C=O) groups is 2. The topological polar surface area (TPSA) is 58.6 Å². The van der Waals surface area contributed by atoms with Gasteiger partial charge in [-0.25, -0.2) is 0 Å². The Morgan fingerprint density at radius 1 is 1.14 bits per heavy atom. The lowest BCUT2D eigenvalue weighted by molar-refractivity contribution is -0.142. The van der Waals surface area contributed by atoms with Gasteiger partial charge in [-0.3, -0.25) is 9.59 Å². The predicted molar refractivity (Wildman–Crippen MR) is 114 cm³/mol. The summed E-state index contributed by atoms with van der Waals surface area (Å²) in [6, 6.07) is 12.9. The number of likely N-dealkylation sites (N-methyl/N-ethyl adjacent to an activating group) is 1. The summed E-state index contributed by atoms with van der Waals surface area (Å²) in [4.78, 5) is 27.0. The van der Waals surface area contributed by atoms with Crippen molar-refractivity contribution >= 4 is 27.7 Å². The number of hydrogen-bond acceptors (Lipinski definition) is 3. The van der Waals surface area contributed by atoms with Crippen LogP contribution >= 0.6 is 15.9 Å². The third-order valence-corrected chi connectivity index (χ3v) is 5.62. The Morgan fingerprint density at radius 2 is 1.86 bits per heavy atom. The molecular weight excluding hydrogens is 420 g/mol. The summed E-state index contributed by atoms with van der Waals surface area (Å²) in [5.74, 6) is 0.223. The molecule has 0 heterocycles. The monoisotopic (exact) mass is 446 g/mol. The smallest absolute Gasteiger partial charge is 0.261 e. The van der Waals surface area contributed by atoms with Crippen LogP contribution in [0.5, 0.6) is 5.75 Å². The summed E-state index contributed by atoms with van der Waals surface area (Å²) in [6.07, 6.45) is 0.523. The van der Waals surface area contributed by atoms with Crippen molar-refractivity contribution in [1.82, 2.24) is 10.2 Å². The normalized spacial score (nSPS) is 11.6. The van der Waals surface area contributed by atoms with Crippen LogP contribution in [0, 0.1) is 13.8 Å². The minimum absolute atomic E-state index is 0.125. The number of aryl methyl sites for hydroxylation is 2. The van der Waals surface area contributed by atoms with E-state index in [-0.39, 0.29) is 18.4 Å². The van der Waals surface area contributed by atoms with Gasteiger partial charge in [0, 0.05) is 18.1 Å². The van der Waals surface area contributed by atoms with Gasteiger partial charge >= 0.3 is 0 Å². The number of ether oxygens (including phenoxy) is 1. The minimum atomic E-state index is -0.549. The highest BCUT2D eigenvalue weighted by atomic mass is 79.9. The van der Waals surface area contributed by atoms with E-state index in [1.807, 2.05) is 63.2 Å². The summed E-state index contributed by atoms with van der Waals surface area (Å²) in [5, 5.41) is 2.66. The molecule has 150 valence electrons. The first-order valence-corrected chi connectivity index (χ1v) is 10.1. The summed E-state index contributed by atoms with van der Waals surface area (Å²) in [7, 11) is 1.59. The van der Waals surface area contributed by atoms with Gasteiger partial charge in [0.15, 0.2) is 6.61 Å². The van der Waals surface area contributed by atoms with Crippen molar-refractivity contribution in [1.29, 1.82) is 0 Å². The SMILES string of the molecule is CCC(C(=O)NC)N(Cc1ccccc1C)C(=O)COc1ccc(Br)c(C)c1. The van der Waals surface area contributed by atoms with Gasteiger partial charge < -0.3 is 15.0 Å². The average molecular weight is 447 g/mol. The highest BCUT2D eigenvalue weighted by molar-refractivity contribution is 9.10. The van der Waals surface area contributed by atoms with Gasteiger partial charge in [-0.1, -0.05) is 47.1 Å². The first-order chi connectivity index (χ1) is 13.4. The van der Waals surface area contributed by atoms with E-state index >= 15 is 0 Å². The predicted octanol–water partition coefficient (Wildman–Crippen LogP) is 4.00. The van der Waals surface area contributed by atoms with Gasteiger partial charge in [0.05, 0.1) is 0 Å². The Hall–Kier alpha value is -2.34. The fourth-order valence-corrected chi connectivity index (χ4v) is 3.24. The van der Waals surface area contributed by atoms with Crippen molar-refractivity contribution in [2.24, 2.45) is 0 Å². The molecule has 0 aliphatic carbocycles. The number of carbonyl (C=O) groups excluding carboxylic acids is 2. The van der Waals surface area contributed by atoms with Gasteiger partial charge in [0.2, 0.25) is 5.91 Å². The quantitative estimate of drug-likeness (QED) is 0.666. The fraction of sp³-hybridized carbons (Fsp3) is 0.364. The van der Waals surface area contributed by atoms with Gasteiger partial charge in [-0.05, 0) is 55.2 Å². The number of nitrogens with one attached hydrogen (secondary N) is 1. The number of nitrogens with zero attached hydrogens (tertiary/aromatic N) is 1. The van der Waals surface area contributed by atoms with Gasteiger partial charge in [-0.2, -0.15) is 0 Å². The van der Waals surface area contributed by atoms with Crippen LogP contribution in [0.2, 0.25) is 0 Å². The van der Waals surface area contributed by atoms with E-state index in [9.17, 15) is 9.59 Å². The Morgan fingerprint density at radius 3 is 2.46 bits per heavy atom. The van der Waals surface area contributed by atoms with E-state index in [0.29, 0.717) is 18.7 Å². The second-order valence-electron chi connectivity index (χ2n) is 6.69. The molecule has 0 aliphatic rings. The van der Waals surface area contributed by atoms with E-state index in [2.05, 4.69) is 21.2 Å². The highest BCUT2D eigenvalue weighted by Crippen LogP contribution is 2.22. The molecule has 6 heteroatoms. The zero-order valence-electron chi connectivity index (χ0n) is 16.8. The van der Waals surface area contributed by atoms with Crippen molar-refractivity contribution in [3.63, 3.8) is 0 Å². The first kappa shape index (κ1) is 22.0. The molecule has 1 N–H and O–H groups in total. The second kappa shape index (κ2) is 10.3. The number of amides is 2. The van der Waals surface area contributed by atoms with Crippen LogP contribution in [0.4, 0.5) is 0 Å². The van der Waals surface area contributed by atoms with Crippen LogP contribution in [0.25, 0.3) is 0 Å². The maximum Gasteiger partial charge on any atom is 0.261 e. The number of benzene rings is 2. The van der Waals surface area contributed by atoms with E-state index in [1.165, 1.54) is 0 Å². The average Bonchev–Trinajstić information content (AvgIpc) is 2.69. The van der Waals surface area contributed by atoms with Crippen LogP contribution in [-0.4, -0.2) is 36.4 Å². The maximum absolute atomic E-state index is 13.0. The summed E-state index contributed by atoms with van der Waals surface area (Å²) >= 11 is 3.45. The molecule has 0 bridgehead atoms. The van der Waals surface area contributed by atoms with Crippen molar-refractivity contribution in [3.8, 4) is 5.75 Å². The van der Waals surface area contributed by atoms with Crippen molar-refractivity contribution < 1.29 is 14.3 Å². The second-order valence-corrected chi connectivity index (χ2v) is 7.54. The van der Waals surface area contributed by atoms with Gasteiger partial charge in [0.25, 0.3) is 5.91 Å². The van der Waals surface area contributed by atoms with E-state index in [0.717, 1.165) is 21.2 Å². The summed E-state index contributed by atoms with van der Waals surface area (Å²) < 4.78 is 6.70. The fourth-order valence-electron chi connectivity index (χ4n) is 2.99. The lowest BCUT2D eigenvalue weighted by Gasteiger charge is -2.30. The first-order valence-electron chi connectivity index (χ1n) is 9.31. The van der Waals surface area contributed by atoms with E-state index in [1.54, 1.807) is 11.9 Å². The van der Waals surface area contributed by atoms with Crippen LogP contribution in [0.15, 0.2) is 46.9 Å². The molecule has 2 aromatic carbocycles. The Kier molecular flexibility index (Phi) is 8.05. The molecule has 0 aromatic heterocycles. The van der Waals surface area contributed by atoms with E-state index in [4.69, 9.17) is 4.74 Å². The van der Waals surface area contributed by atoms with Gasteiger partial charge in [0.1, 0.15) is 11.8 Å². The van der Waals surface area contributed by atoms with Crippen molar-refractivity contribution in [3.05, 3.63) is 63.6 Å². The molecule has 0 saturated carbocycles. The Balaban J connectivity index is 2.21. The molecule has 2 aromatic rings. The zero-order chi connectivity index (χ0) is 20.7. The zero-order valence-corrected chi connectivity index (χ0v) is 18.4.